The molecule has 0 radical (unpaired) electrons. The van der Waals surface area contributed by atoms with E-state index in [0.717, 1.165) is 10.9 Å². The van der Waals surface area contributed by atoms with Crippen LogP contribution in [0.1, 0.15) is 6.42 Å². The third kappa shape index (κ3) is 3.64. The number of para-hydroxylation sites is 1. The molecule has 0 spiro atoms. The molecule has 1 unspecified atom stereocenters. The van der Waals surface area contributed by atoms with Gasteiger partial charge in [0.2, 0.25) is 11.8 Å². The highest BCUT2D eigenvalue weighted by Gasteiger charge is 2.30. The molecule has 1 aromatic carbocycles. The standard InChI is InChI=1S/C16H19N5O2/c17-7-15(22)20-12-6-14(19-9-12)16(23)21-11-5-10-3-1-2-4-13(10)18-8-11/h1-5,8,12,14,19H,6-7,9,17H2,(H,20,22)(H,21,23)/t12?,14-/m0/s1. The summed E-state index contributed by atoms with van der Waals surface area (Å²) in [5.41, 5.74) is 6.81. The van der Waals surface area contributed by atoms with Gasteiger partial charge in [0.25, 0.3) is 0 Å². The van der Waals surface area contributed by atoms with E-state index in [9.17, 15) is 9.59 Å². The van der Waals surface area contributed by atoms with E-state index in [0.29, 0.717) is 18.7 Å². The number of nitrogens with zero attached hydrogens (tertiary/aromatic N) is 1. The number of rotatable bonds is 4. The Balaban J connectivity index is 1.61. The van der Waals surface area contributed by atoms with Gasteiger partial charge in [0.15, 0.2) is 0 Å². The Morgan fingerprint density at radius 2 is 2.17 bits per heavy atom. The van der Waals surface area contributed by atoms with Crippen LogP contribution in [0, 0.1) is 0 Å². The zero-order chi connectivity index (χ0) is 16.2. The number of carbonyl (C=O) groups is 2. The molecule has 2 heterocycles. The summed E-state index contributed by atoms with van der Waals surface area (Å²) in [6.45, 7) is 0.510. The molecule has 7 nitrogen and oxygen atoms in total. The second kappa shape index (κ2) is 6.72. The summed E-state index contributed by atoms with van der Waals surface area (Å²) in [6.07, 6.45) is 2.18. The predicted molar refractivity (Wildman–Crippen MR) is 87.8 cm³/mol. The summed E-state index contributed by atoms with van der Waals surface area (Å²) in [5, 5.41) is 9.72. The van der Waals surface area contributed by atoms with Crippen molar-refractivity contribution in [1.82, 2.24) is 15.6 Å². The number of hydrogen-bond acceptors (Lipinski definition) is 5. The second-order valence-electron chi connectivity index (χ2n) is 5.57. The molecule has 0 bridgehead atoms. The van der Waals surface area contributed by atoms with Crippen LogP contribution in [-0.4, -0.2) is 42.0 Å². The Bertz CT molecular complexity index is 733. The first kappa shape index (κ1) is 15.4. The van der Waals surface area contributed by atoms with E-state index in [1.807, 2.05) is 30.3 Å². The number of benzene rings is 1. The fraction of sp³-hybridized carbons (Fsp3) is 0.312. The van der Waals surface area contributed by atoms with E-state index in [1.54, 1.807) is 6.20 Å². The lowest BCUT2D eigenvalue weighted by Crippen LogP contribution is -2.39. The summed E-state index contributed by atoms with van der Waals surface area (Å²) >= 11 is 0. The van der Waals surface area contributed by atoms with Gasteiger partial charge < -0.3 is 21.7 Å². The third-order valence-electron chi connectivity index (χ3n) is 3.86. The van der Waals surface area contributed by atoms with Gasteiger partial charge in [-0.3, -0.25) is 14.6 Å². The van der Waals surface area contributed by atoms with Gasteiger partial charge in [-0.15, -0.1) is 0 Å². The molecule has 1 fully saturated rings. The maximum absolute atomic E-state index is 12.3. The maximum atomic E-state index is 12.3. The zero-order valence-electron chi connectivity index (χ0n) is 12.6. The summed E-state index contributed by atoms with van der Waals surface area (Å²) in [7, 11) is 0. The topological polar surface area (TPSA) is 109 Å². The fourth-order valence-electron chi connectivity index (χ4n) is 2.70. The lowest BCUT2D eigenvalue weighted by molar-refractivity contribution is -0.121. The van der Waals surface area contributed by atoms with Crippen molar-refractivity contribution in [2.75, 3.05) is 18.4 Å². The highest BCUT2D eigenvalue weighted by molar-refractivity contribution is 5.96. The van der Waals surface area contributed by atoms with Crippen LogP contribution in [0.15, 0.2) is 36.5 Å². The van der Waals surface area contributed by atoms with Gasteiger partial charge in [-0.25, -0.2) is 0 Å². The van der Waals surface area contributed by atoms with Crippen molar-refractivity contribution in [3.63, 3.8) is 0 Å². The van der Waals surface area contributed by atoms with Crippen LogP contribution in [-0.2, 0) is 9.59 Å². The highest BCUT2D eigenvalue weighted by Crippen LogP contribution is 2.17. The average Bonchev–Trinajstić information content (AvgIpc) is 3.03. The molecule has 5 N–H and O–H groups in total. The van der Waals surface area contributed by atoms with E-state index in [4.69, 9.17) is 5.73 Å². The van der Waals surface area contributed by atoms with Crippen molar-refractivity contribution >= 4 is 28.4 Å². The van der Waals surface area contributed by atoms with E-state index < -0.39 is 0 Å². The van der Waals surface area contributed by atoms with E-state index in [2.05, 4.69) is 20.9 Å². The van der Waals surface area contributed by atoms with Crippen molar-refractivity contribution in [1.29, 1.82) is 0 Å². The van der Waals surface area contributed by atoms with Gasteiger partial charge in [-0.2, -0.15) is 0 Å². The molecular formula is C16H19N5O2. The summed E-state index contributed by atoms with van der Waals surface area (Å²) < 4.78 is 0. The fourth-order valence-corrected chi connectivity index (χ4v) is 2.70. The van der Waals surface area contributed by atoms with Crippen LogP contribution in [0.4, 0.5) is 5.69 Å². The highest BCUT2D eigenvalue weighted by atomic mass is 16.2. The molecule has 1 aliphatic heterocycles. The Morgan fingerprint density at radius 3 is 3.00 bits per heavy atom. The minimum absolute atomic E-state index is 0.0455. The molecule has 0 aliphatic carbocycles. The molecule has 0 saturated carbocycles. The van der Waals surface area contributed by atoms with Crippen LogP contribution >= 0.6 is 0 Å². The van der Waals surface area contributed by atoms with Gasteiger partial charge in [-0.1, -0.05) is 18.2 Å². The third-order valence-corrected chi connectivity index (χ3v) is 3.86. The van der Waals surface area contributed by atoms with E-state index in [1.165, 1.54) is 0 Å². The van der Waals surface area contributed by atoms with Crippen LogP contribution in [0.5, 0.6) is 0 Å². The Hall–Kier alpha value is -2.51. The van der Waals surface area contributed by atoms with Crippen molar-refractivity contribution < 1.29 is 9.59 Å². The minimum Gasteiger partial charge on any atom is -0.351 e. The lowest BCUT2D eigenvalue weighted by atomic mass is 10.1. The maximum Gasteiger partial charge on any atom is 0.241 e. The lowest BCUT2D eigenvalue weighted by Gasteiger charge is -2.12. The largest absolute Gasteiger partial charge is 0.351 e. The molecular weight excluding hydrogens is 294 g/mol. The van der Waals surface area contributed by atoms with Gasteiger partial charge in [0.1, 0.15) is 0 Å². The SMILES string of the molecule is NCC(=O)NC1CN[C@H](C(=O)Nc2cnc3ccccc3c2)C1. The molecule has 3 rings (SSSR count). The number of anilines is 1. The molecule has 1 aromatic heterocycles. The Morgan fingerprint density at radius 1 is 1.35 bits per heavy atom. The summed E-state index contributed by atoms with van der Waals surface area (Å²) in [5.74, 6) is -0.344. The van der Waals surface area contributed by atoms with Crippen LogP contribution < -0.4 is 21.7 Å². The first-order valence-corrected chi connectivity index (χ1v) is 7.54. The number of nitrogens with two attached hydrogens (primary N) is 1. The monoisotopic (exact) mass is 313 g/mol. The second-order valence-corrected chi connectivity index (χ2v) is 5.57. The van der Waals surface area contributed by atoms with Crippen LogP contribution in [0.3, 0.4) is 0 Å². The number of amides is 2. The van der Waals surface area contributed by atoms with E-state index in [-0.39, 0.29) is 30.4 Å². The molecule has 7 heteroatoms. The minimum atomic E-state index is -0.343. The first-order chi connectivity index (χ1) is 11.2. The van der Waals surface area contributed by atoms with Gasteiger partial charge in [-0.05, 0) is 18.6 Å². The Labute approximate surface area is 133 Å². The van der Waals surface area contributed by atoms with Crippen LogP contribution in [0.25, 0.3) is 10.9 Å². The molecule has 23 heavy (non-hydrogen) atoms. The molecule has 2 aromatic rings. The average molecular weight is 313 g/mol. The van der Waals surface area contributed by atoms with E-state index >= 15 is 0 Å². The number of pyridine rings is 1. The molecule has 2 amide bonds. The first-order valence-electron chi connectivity index (χ1n) is 7.54. The van der Waals surface area contributed by atoms with Crippen molar-refractivity contribution in [3.05, 3.63) is 36.5 Å². The molecule has 120 valence electrons. The molecule has 2 atom stereocenters. The number of fused-ring (bicyclic) bond motifs is 1. The number of carbonyl (C=O) groups excluding carboxylic acids is 2. The number of aromatic nitrogens is 1. The zero-order valence-corrected chi connectivity index (χ0v) is 12.6. The smallest absolute Gasteiger partial charge is 0.241 e. The Kier molecular flexibility index (Phi) is 4.50. The van der Waals surface area contributed by atoms with Crippen molar-refractivity contribution in [3.8, 4) is 0 Å². The number of hydrogen-bond donors (Lipinski definition) is 4. The van der Waals surface area contributed by atoms with Crippen molar-refractivity contribution in [2.24, 2.45) is 5.73 Å². The van der Waals surface area contributed by atoms with Crippen LogP contribution in [0.2, 0.25) is 0 Å². The van der Waals surface area contributed by atoms with Gasteiger partial charge >= 0.3 is 0 Å². The normalized spacial score (nSPS) is 20.4. The summed E-state index contributed by atoms with van der Waals surface area (Å²) in [4.78, 5) is 27.9. The predicted octanol–water partition coefficient (Wildman–Crippen LogP) is -0.0213. The van der Waals surface area contributed by atoms with Gasteiger partial charge in [0, 0.05) is 18.0 Å². The van der Waals surface area contributed by atoms with Gasteiger partial charge in [0.05, 0.1) is 30.0 Å². The molecule has 1 aliphatic rings. The number of nitrogens with one attached hydrogen (secondary N) is 3. The van der Waals surface area contributed by atoms with Crippen molar-refractivity contribution in [2.45, 2.75) is 18.5 Å². The molecule has 1 saturated heterocycles. The quantitative estimate of drug-likeness (QED) is 0.634. The summed E-state index contributed by atoms with van der Waals surface area (Å²) in [6, 6.07) is 9.20.